The van der Waals surface area contributed by atoms with Crippen LogP contribution >= 0.6 is 15.9 Å². The fourth-order valence-corrected chi connectivity index (χ4v) is 4.21. The first-order valence-corrected chi connectivity index (χ1v) is 10.0. The fraction of sp³-hybridized carbons (Fsp3) is 0.381. The predicted octanol–water partition coefficient (Wildman–Crippen LogP) is 4.43. The van der Waals surface area contributed by atoms with Gasteiger partial charge in [0.05, 0.1) is 16.6 Å². The van der Waals surface area contributed by atoms with Crippen molar-refractivity contribution < 1.29 is 19.0 Å². The first kappa shape index (κ1) is 18.3. The zero-order valence-electron chi connectivity index (χ0n) is 15.4. The van der Waals surface area contributed by atoms with E-state index in [1.807, 2.05) is 38.1 Å². The average Bonchev–Trinajstić information content (AvgIpc) is 3.10. The van der Waals surface area contributed by atoms with Crippen LogP contribution in [0.25, 0.3) is 0 Å². The zero-order chi connectivity index (χ0) is 19.0. The van der Waals surface area contributed by atoms with Gasteiger partial charge in [0.2, 0.25) is 6.79 Å². The summed E-state index contributed by atoms with van der Waals surface area (Å²) in [5.74, 6) is 1.37. The molecule has 0 aromatic heterocycles. The molecule has 0 aliphatic carbocycles. The van der Waals surface area contributed by atoms with E-state index in [0.29, 0.717) is 12.4 Å². The van der Waals surface area contributed by atoms with Gasteiger partial charge in [0.1, 0.15) is 0 Å². The standard InChI is InChI=1S/C21H22BrNO4/c1-13(2)27-21(24)15-5-3-14(4-6-15)11-23-8-7-16-9-18-19(26-12-25-18)10-17(16)20(23)22/h3-6,9-10,13,20H,7-8,11-12H2,1-2H3. The summed E-state index contributed by atoms with van der Waals surface area (Å²) in [6.45, 7) is 5.73. The summed E-state index contributed by atoms with van der Waals surface area (Å²) in [6.07, 6.45) is 0.850. The average molecular weight is 432 g/mol. The van der Waals surface area contributed by atoms with E-state index in [1.165, 1.54) is 11.1 Å². The molecular formula is C21H22BrNO4. The lowest BCUT2D eigenvalue weighted by atomic mass is 9.98. The Bertz CT molecular complexity index is 850. The molecule has 2 aromatic carbocycles. The van der Waals surface area contributed by atoms with Crippen LogP contribution in [0.1, 0.15) is 45.8 Å². The molecule has 2 aliphatic heterocycles. The maximum absolute atomic E-state index is 12.0. The Labute approximate surface area is 167 Å². The number of hydrogen-bond donors (Lipinski definition) is 0. The molecule has 0 saturated carbocycles. The number of nitrogens with zero attached hydrogens (tertiary/aromatic N) is 1. The quantitative estimate of drug-likeness (QED) is 0.407. The third-order valence-electron chi connectivity index (χ3n) is 4.80. The third-order valence-corrected chi connectivity index (χ3v) is 5.87. The number of carbonyl (C=O) groups is 1. The summed E-state index contributed by atoms with van der Waals surface area (Å²) >= 11 is 3.84. The minimum Gasteiger partial charge on any atom is -0.459 e. The molecule has 0 fully saturated rings. The first-order valence-electron chi connectivity index (χ1n) is 9.11. The van der Waals surface area contributed by atoms with Crippen molar-refractivity contribution in [1.29, 1.82) is 0 Å². The molecule has 2 aromatic rings. The van der Waals surface area contributed by atoms with Gasteiger partial charge in [-0.25, -0.2) is 4.79 Å². The Kier molecular flexibility index (Phi) is 5.10. The molecule has 2 aliphatic rings. The van der Waals surface area contributed by atoms with Crippen molar-refractivity contribution in [3.8, 4) is 11.5 Å². The molecule has 0 radical (unpaired) electrons. The van der Waals surface area contributed by atoms with Crippen molar-refractivity contribution in [2.45, 2.75) is 37.9 Å². The van der Waals surface area contributed by atoms with Crippen molar-refractivity contribution >= 4 is 21.9 Å². The van der Waals surface area contributed by atoms with E-state index in [1.54, 1.807) is 0 Å². The number of benzene rings is 2. The number of halogens is 1. The number of alkyl halides is 1. The first-order chi connectivity index (χ1) is 13.0. The second-order valence-electron chi connectivity index (χ2n) is 7.11. The van der Waals surface area contributed by atoms with Gasteiger partial charge in [-0.15, -0.1) is 0 Å². The molecule has 27 heavy (non-hydrogen) atoms. The van der Waals surface area contributed by atoms with Crippen LogP contribution in [0.2, 0.25) is 0 Å². The fourth-order valence-electron chi connectivity index (χ4n) is 3.43. The Morgan fingerprint density at radius 1 is 1.22 bits per heavy atom. The van der Waals surface area contributed by atoms with Gasteiger partial charge in [-0.2, -0.15) is 0 Å². The molecule has 0 amide bonds. The maximum atomic E-state index is 12.0. The van der Waals surface area contributed by atoms with E-state index < -0.39 is 0 Å². The topological polar surface area (TPSA) is 48.0 Å². The summed E-state index contributed by atoms with van der Waals surface area (Å²) in [5, 5.41) is 0. The normalized spacial score (nSPS) is 18.4. The summed E-state index contributed by atoms with van der Waals surface area (Å²) in [4.78, 5) is 14.5. The largest absolute Gasteiger partial charge is 0.459 e. The molecule has 1 unspecified atom stereocenters. The Morgan fingerprint density at radius 2 is 1.93 bits per heavy atom. The molecule has 5 nitrogen and oxygen atoms in total. The lowest BCUT2D eigenvalue weighted by molar-refractivity contribution is 0.0378. The second kappa shape index (κ2) is 7.52. The van der Waals surface area contributed by atoms with Crippen LogP contribution < -0.4 is 9.47 Å². The highest BCUT2D eigenvalue weighted by Gasteiger charge is 2.28. The molecule has 0 N–H and O–H groups in total. The summed E-state index contributed by atoms with van der Waals surface area (Å²) in [5.41, 5.74) is 4.26. The minimum absolute atomic E-state index is 0.112. The lowest BCUT2D eigenvalue weighted by Gasteiger charge is -2.34. The van der Waals surface area contributed by atoms with Crippen LogP contribution in [0.4, 0.5) is 0 Å². The van der Waals surface area contributed by atoms with Crippen molar-refractivity contribution in [2.24, 2.45) is 0 Å². The zero-order valence-corrected chi connectivity index (χ0v) is 17.0. The lowest BCUT2D eigenvalue weighted by Crippen LogP contribution is -2.32. The second-order valence-corrected chi connectivity index (χ2v) is 7.98. The molecule has 4 rings (SSSR count). The highest BCUT2D eigenvalue weighted by molar-refractivity contribution is 9.09. The summed E-state index contributed by atoms with van der Waals surface area (Å²) in [6, 6.07) is 11.8. The van der Waals surface area contributed by atoms with Gasteiger partial charge in [0, 0.05) is 13.1 Å². The SMILES string of the molecule is CC(C)OC(=O)c1ccc(CN2CCc3cc4c(cc3C2Br)OCO4)cc1. The van der Waals surface area contributed by atoms with E-state index >= 15 is 0 Å². The van der Waals surface area contributed by atoms with E-state index in [0.717, 1.165) is 36.6 Å². The van der Waals surface area contributed by atoms with Crippen LogP contribution in [0.15, 0.2) is 36.4 Å². The van der Waals surface area contributed by atoms with Crippen LogP contribution in [-0.2, 0) is 17.7 Å². The van der Waals surface area contributed by atoms with E-state index in [4.69, 9.17) is 14.2 Å². The van der Waals surface area contributed by atoms with Crippen molar-refractivity contribution in [1.82, 2.24) is 4.90 Å². The van der Waals surface area contributed by atoms with Crippen molar-refractivity contribution in [3.05, 3.63) is 58.7 Å². The van der Waals surface area contributed by atoms with Gasteiger partial charge in [-0.3, -0.25) is 4.90 Å². The molecule has 1 atom stereocenters. The van der Waals surface area contributed by atoms with Gasteiger partial charge in [0.25, 0.3) is 0 Å². The summed E-state index contributed by atoms with van der Waals surface area (Å²) in [7, 11) is 0. The molecule has 142 valence electrons. The van der Waals surface area contributed by atoms with Crippen molar-refractivity contribution in [2.75, 3.05) is 13.3 Å². The van der Waals surface area contributed by atoms with E-state index in [9.17, 15) is 4.79 Å². The Hall–Kier alpha value is -2.05. The van der Waals surface area contributed by atoms with Crippen LogP contribution in [0, 0.1) is 0 Å². The number of rotatable bonds is 4. The van der Waals surface area contributed by atoms with Gasteiger partial charge in [0.15, 0.2) is 11.5 Å². The minimum atomic E-state index is -0.280. The molecule has 0 spiro atoms. The number of ether oxygens (including phenoxy) is 3. The van der Waals surface area contributed by atoms with Gasteiger partial charge in [-0.05, 0) is 61.2 Å². The number of esters is 1. The van der Waals surface area contributed by atoms with Gasteiger partial charge >= 0.3 is 5.97 Å². The van der Waals surface area contributed by atoms with E-state index in [2.05, 4.69) is 33.0 Å². The number of hydrogen-bond acceptors (Lipinski definition) is 5. The number of fused-ring (bicyclic) bond motifs is 2. The molecule has 0 saturated heterocycles. The predicted molar refractivity (Wildman–Crippen MR) is 105 cm³/mol. The molecular weight excluding hydrogens is 410 g/mol. The molecule has 6 heteroatoms. The van der Waals surface area contributed by atoms with Gasteiger partial charge in [-0.1, -0.05) is 28.1 Å². The Morgan fingerprint density at radius 3 is 2.63 bits per heavy atom. The molecule has 2 heterocycles. The van der Waals surface area contributed by atoms with Gasteiger partial charge < -0.3 is 14.2 Å². The van der Waals surface area contributed by atoms with Crippen LogP contribution in [-0.4, -0.2) is 30.3 Å². The smallest absolute Gasteiger partial charge is 0.338 e. The monoisotopic (exact) mass is 431 g/mol. The van der Waals surface area contributed by atoms with Crippen molar-refractivity contribution in [3.63, 3.8) is 0 Å². The Balaban J connectivity index is 1.46. The third kappa shape index (κ3) is 3.82. The summed E-state index contributed by atoms with van der Waals surface area (Å²) < 4.78 is 16.3. The van der Waals surface area contributed by atoms with Crippen LogP contribution in [0.5, 0.6) is 11.5 Å². The highest BCUT2D eigenvalue weighted by atomic mass is 79.9. The molecule has 0 bridgehead atoms. The maximum Gasteiger partial charge on any atom is 0.338 e. The highest BCUT2D eigenvalue weighted by Crippen LogP contribution is 2.42. The van der Waals surface area contributed by atoms with Crippen LogP contribution in [0.3, 0.4) is 0 Å². The van der Waals surface area contributed by atoms with E-state index in [-0.39, 0.29) is 17.0 Å². The number of carbonyl (C=O) groups excluding carboxylic acids is 1.